The molecule has 1 N–H and O–H groups in total. The van der Waals surface area contributed by atoms with E-state index in [1.165, 1.54) is 24.0 Å². The lowest BCUT2D eigenvalue weighted by molar-refractivity contribution is 0.226. The third-order valence-electron chi connectivity index (χ3n) is 3.55. The maximum atomic E-state index is 6.14. The van der Waals surface area contributed by atoms with E-state index in [2.05, 4.69) is 49.5 Å². The number of hydrogen-bond acceptors (Lipinski definition) is 2. The van der Waals surface area contributed by atoms with E-state index in [9.17, 15) is 0 Å². The lowest BCUT2D eigenvalue weighted by Crippen LogP contribution is -2.19. The Morgan fingerprint density at radius 2 is 2.22 bits per heavy atom. The van der Waals surface area contributed by atoms with Crippen LogP contribution in [0.2, 0.25) is 0 Å². The molecule has 0 radical (unpaired) electrons. The standard InChI is InChI=1S/C16H23NO/c1-12-9-10-16(15(11-12)13(2)17-3)18-14-7-5-4-6-8-14/h5,7,9-11,13-14,17H,4,6,8H2,1-3H3. The van der Waals surface area contributed by atoms with Crippen LogP contribution in [0.25, 0.3) is 0 Å². The first-order valence-corrected chi connectivity index (χ1v) is 6.82. The molecule has 0 bridgehead atoms. The number of hydrogen-bond donors (Lipinski definition) is 1. The molecule has 0 saturated heterocycles. The van der Waals surface area contributed by atoms with Crippen molar-refractivity contribution in [3.63, 3.8) is 0 Å². The minimum Gasteiger partial charge on any atom is -0.486 e. The summed E-state index contributed by atoms with van der Waals surface area (Å²) in [5, 5.41) is 3.29. The van der Waals surface area contributed by atoms with Gasteiger partial charge in [0.25, 0.3) is 0 Å². The molecule has 2 heteroatoms. The van der Waals surface area contributed by atoms with E-state index >= 15 is 0 Å². The third kappa shape index (κ3) is 3.14. The van der Waals surface area contributed by atoms with Gasteiger partial charge in [0, 0.05) is 11.6 Å². The first-order valence-electron chi connectivity index (χ1n) is 6.82. The summed E-state index contributed by atoms with van der Waals surface area (Å²) in [5.41, 5.74) is 2.52. The molecular weight excluding hydrogens is 222 g/mol. The molecule has 1 aromatic rings. The fourth-order valence-electron chi connectivity index (χ4n) is 2.31. The highest BCUT2D eigenvalue weighted by Crippen LogP contribution is 2.28. The van der Waals surface area contributed by atoms with Crippen molar-refractivity contribution in [2.45, 2.75) is 45.3 Å². The SMILES string of the molecule is CNC(C)c1cc(C)ccc1OC1C=CCCC1. The largest absolute Gasteiger partial charge is 0.486 e. The van der Waals surface area contributed by atoms with E-state index in [4.69, 9.17) is 4.74 Å². The smallest absolute Gasteiger partial charge is 0.124 e. The Hall–Kier alpha value is -1.28. The van der Waals surface area contributed by atoms with Gasteiger partial charge in [0.05, 0.1) is 0 Å². The van der Waals surface area contributed by atoms with Crippen molar-refractivity contribution in [2.75, 3.05) is 7.05 Å². The lowest BCUT2D eigenvalue weighted by atomic mass is 10.0. The average molecular weight is 245 g/mol. The van der Waals surface area contributed by atoms with Crippen LogP contribution in [0.4, 0.5) is 0 Å². The second-order valence-corrected chi connectivity index (χ2v) is 5.07. The van der Waals surface area contributed by atoms with Crippen molar-refractivity contribution in [2.24, 2.45) is 0 Å². The molecule has 2 atom stereocenters. The zero-order valence-electron chi connectivity index (χ0n) is 11.6. The molecule has 2 unspecified atom stereocenters. The van der Waals surface area contributed by atoms with Gasteiger partial charge >= 0.3 is 0 Å². The normalized spacial score (nSPS) is 20.7. The van der Waals surface area contributed by atoms with E-state index in [0.717, 1.165) is 12.2 Å². The van der Waals surface area contributed by atoms with Crippen molar-refractivity contribution in [1.29, 1.82) is 0 Å². The van der Waals surface area contributed by atoms with Gasteiger partial charge in [-0.1, -0.05) is 23.8 Å². The summed E-state index contributed by atoms with van der Waals surface area (Å²) in [4.78, 5) is 0. The van der Waals surface area contributed by atoms with Crippen molar-refractivity contribution in [1.82, 2.24) is 5.32 Å². The summed E-state index contributed by atoms with van der Waals surface area (Å²) in [6.07, 6.45) is 8.19. The highest BCUT2D eigenvalue weighted by Gasteiger charge is 2.15. The van der Waals surface area contributed by atoms with Gasteiger partial charge in [-0.15, -0.1) is 0 Å². The summed E-state index contributed by atoms with van der Waals surface area (Å²) < 4.78 is 6.14. The Morgan fingerprint density at radius 3 is 2.89 bits per heavy atom. The molecule has 0 aromatic heterocycles. The molecule has 0 heterocycles. The molecule has 98 valence electrons. The summed E-state index contributed by atoms with van der Waals surface area (Å²) in [7, 11) is 1.98. The van der Waals surface area contributed by atoms with Crippen molar-refractivity contribution in [3.05, 3.63) is 41.5 Å². The van der Waals surface area contributed by atoms with Crippen LogP contribution >= 0.6 is 0 Å². The highest BCUT2D eigenvalue weighted by atomic mass is 16.5. The Balaban J connectivity index is 2.20. The maximum Gasteiger partial charge on any atom is 0.124 e. The van der Waals surface area contributed by atoms with Crippen LogP contribution in [-0.2, 0) is 0 Å². The Bertz CT molecular complexity index is 425. The molecule has 0 saturated carbocycles. The molecular formula is C16H23NO. The van der Waals surface area contributed by atoms with Gasteiger partial charge in [0.1, 0.15) is 11.9 Å². The van der Waals surface area contributed by atoms with Crippen LogP contribution in [0, 0.1) is 6.92 Å². The average Bonchev–Trinajstić information content (AvgIpc) is 2.41. The molecule has 0 amide bonds. The van der Waals surface area contributed by atoms with E-state index in [1.807, 2.05) is 7.05 Å². The lowest BCUT2D eigenvalue weighted by Gasteiger charge is -2.23. The van der Waals surface area contributed by atoms with Gasteiger partial charge in [-0.25, -0.2) is 0 Å². The van der Waals surface area contributed by atoms with E-state index in [-0.39, 0.29) is 6.10 Å². The fourth-order valence-corrected chi connectivity index (χ4v) is 2.31. The van der Waals surface area contributed by atoms with E-state index in [1.54, 1.807) is 0 Å². The minimum atomic E-state index is 0.240. The number of nitrogens with one attached hydrogen (secondary N) is 1. The van der Waals surface area contributed by atoms with Gasteiger partial charge in [0.2, 0.25) is 0 Å². The van der Waals surface area contributed by atoms with Crippen molar-refractivity contribution < 1.29 is 4.74 Å². The van der Waals surface area contributed by atoms with E-state index in [0.29, 0.717) is 6.04 Å². The zero-order valence-corrected chi connectivity index (χ0v) is 11.6. The van der Waals surface area contributed by atoms with Crippen molar-refractivity contribution >= 4 is 0 Å². The van der Waals surface area contributed by atoms with Crippen LogP contribution in [0.15, 0.2) is 30.4 Å². The second-order valence-electron chi connectivity index (χ2n) is 5.07. The number of ether oxygens (including phenoxy) is 1. The maximum absolute atomic E-state index is 6.14. The van der Waals surface area contributed by atoms with Gasteiger partial charge in [-0.3, -0.25) is 0 Å². The molecule has 18 heavy (non-hydrogen) atoms. The van der Waals surface area contributed by atoms with Crippen LogP contribution in [0.3, 0.4) is 0 Å². The molecule has 1 aromatic carbocycles. The quantitative estimate of drug-likeness (QED) is 0.815. The first kappa shape index (κ1) is 13.2. The molecule has 0 fully saturated rings. The topological polar surface area (TPSA) is 21.3 Å². The third-order valence-corrected chi connectivity index (χ3v) is 3.55. The van der Waals surface area contributed by atoms with Gasteiger partial charge in [0.15, 0.2) is 0 Å². The second kappa shape index (κ2) is 6.05. The highest BCUT2D eigenvalue weighted by molar-refractivity contribution is 5.39. The molecule has 2 nitrogen and oxygen atoms in total. The van der Waals surface area contributed by atoms with Gasteiger partial charge in [-0.2, -0.15) is 0 Å². The number of allylic oxidation sites excluding steroid dienone is 1. The monoisotopic (exact) mass is 245 g/mol. The van der Waals surface area contributed by atoms with Crippen molar-refractivity contribution in [3.8, 4) is 5.75 Å². The number of rotatable bonds is 4. The number of aryl methyl sites for hydroxylation is 1. The fraction of sp³-hybridized carbons (Fsp3) is 0.500. The molecule has 0 aliphatic heterocycles. The molecule has 0 spiro atoms. The molecule has 2 rings (SSSR count). The summed E-state index contributed by atoms with van der Waals surface area (Å²) >= 11 is 0. The van der Waals surface area contributed by atoms with Crippen LogP contribution in [-0.4, -0.2) is 13.2 Å². The summed E-state index contributed by atoms with van der Waals surface area (Å²) in [5.74, 6) is 1.01. The first-order chi connectivity index (χ1) is 8.70. The van der Waals surface area contributed by atoms with Gasteiger partial charge in [-0.05, 0) is 52.3 Å². The molecule has 1 aliphatic carbocycles. The minimum absolute atomic E-state index is 0.240. The predicted octanol–water partition coefficient (Wildman–Crippen LogP) is 3.76. The number of benzene rings is 1. The Labute approximate surface area is 110 Å². The van der Waals surface area contributed by atoms with Crippen LogP contribution in [0.5, 0.6) is 5.75 Å². The summed E-state index contributed by atoms with van der Waals surface area (Å²) in [6.45, 7) is 4.29. The van der Waals surface area contributed by atoms with E-state index < -0.39 is 0 Å². The van der Waals surface area contributed by atoms with Crippen LogP contribution in [0.1, 0.15) is 43.4 Å². The molecule has 1 aliphatic rings. The Kier molecular flexibility index (Phi) is 4.43. The summed E-state index contributed by atoms with van der Waals surface area (Å²) in [6, 6.07) is 6.74. The van der Waals surface area contributed by atoms with Gasteiger partial charge < -0.3 is 10.1 Å². The van der Waals surface area contributed by atoms with Crippen LogP contribution < -0.4 is 10.1 Å². The zero-order chi connectivity index (χ0) is 13.0. The predicted molar refractivity (Wildman–Crippen MR) is 76.1 cm³/mol. The Morgan fingerprint density at radius 1 is 1.39 bits per heavy atom.